The minimum Gasteiger partial charge on any atom is -0.0952 e. The van der Waals surface area contributed by atoms with Crippen molar-refractivity contribution in [2.24, 2.45) is 17.8 Å². The average Bonchev–Trinajstić information content (AvgIpc) is 2.91. The Bertz CT molecular complexity index is 561. The maximum Gasteiger partial charge on any atom is -0.0139 e. The van der Waals surface area contributed by atoms with Crippen LogP contribution in [0.3, 0.4) is 0 Å². The van der Waals surface area contributed by atoms with E-state index in [1.807, 2.05) is 0 Å². The molecular weight excluding hydrogens is 252 g/mol. The van der Waals surface area contributed by atoms with Gasteiger partial charge in [-0.2, -0.15) is 0 Å². The molecule has 0 amide bonds. The lowest BCUT2D eigenvalue weighted by Gasteiger charge is -2.22. The summed E-state index contributed by atoms with van der Waals surface area (Å²) in [5.74, 6) is 2.52. The first kappa shape index (κ1) is 14.4. The fourth-order valence-electron chi connectivity index (χ4n) is 4.08. The summed E-state index contributed by atoms with van der Waals surface area (Å²) in [7, 11) is 0. The highest BCUT2D eigenvalue weighted by Crippen LogP contribution is 2.43. The van der Waals surface area contributed by atoms with Crippen LogP contribution in [-0.2, 0) is 0 Å². The molecule has 0 heterocycles. The molecule has 0 bridgehead atoms. The molecular formula is C21H26. The third-order valence-electron chi connectivity index (χ3n) is 5.29. The lowest BCUT2D eigenvalue weighted by molar-refractivity contribution is 0.386. The van der Waals surface area contributed by atoms with Gasteiger partial charge in [-0.05, 0) is 73.5 Å². The van der Waals surface area contributed by atoms with Crippen molar-refractivity contribution in [1.82, 2.24) is 0 Å². The van der Waals surface area contributed by atoms with E-state index in [0.717, 1.165) is 24.2 Å². The topological polar surface area (TPSA) is 0 Å². The highest BCUT2D eigenvalue weighted by atomic mass is 14.4. The smallest absolute Gasteiger partial charge is 0.0139 e. The number of allylic oxidation sites excluding steroid dienone is 5. The van der Waals surface area contributed by atoms with Crippen LogP contribution >= 0.6 is 0 Å². The van der Waals surface area contributed by atoms with Crippen LogP contribution in [0.5, 0.6) is 0 Å². The molecule has 0 N–H and O–H groups in total. The first-order valence-corrected chi connectivity index (χ1v) is 8.34. The van der Waals surface area contributed by atoms with Gasteiger partial charge in [0, 0.05) is 0 Å². The summed E-state index contributed by atoms with van der Waals surface area (Å²) in [6, 6.07) is 8.61. The molecule has 2 aliphatic rings. The minimum atomic E-state index is 0.807. The van der Waals surface area contributed by atoms with Crippen molar-refractivity contribution in [2.75, 3.05) is 0 Å². The van der Waals surface area contributed by atoms with Crippen LogP contribution in [0.2, 0.25) is 0 Å². The first-order valence-electron chi connectivity index (χ1n) is 8.34. The second-order valence-corrected chi connectivity index (χ2v) is 6.66. The van der Waals surface area contributed by atoms with Gasteiger partial charge in [0.2, 0.25) is 0 Å². The van der Waals surface area contributed by atoms with Crippen molar-refractivity contribution < 1.29 is 0 Å². The van der Waals surface area contributed by atoms with Gasteiger partial charge in [0.15, 0.2) is 0 Å². The molecule has 110 valence electrons. The third kappa shape index (κ3) is 3.20. The highest BCUT2D eigenvalue weighted by molar-refractivity contribution is 5.65. The quantitative estimate of drug-likeness (QED) is 0.624. The predicted octanol–water partition coefficient (Wildman–Crippen LogP) is 5.95. The maximum atomic E-state index is 4.31. The molecule has 0 spiro atoms. The number of aryl methyl sites for hydroxylation is 1. The Labute approximate surface area is 129 Å². The van der Waals surface area contributed by atoms with Crippen LogP contribution < -0.4 is 0 Å². The van der Waals surface area contributed by atoms with Crippen molar-refractivity contribution in [3.05, 3.63) is 66.3 Å². The van der Waals surface area contributed by atoms with Crippen molar-refractivity contribution in [2.45, 2.75) is 39.0 Å². The van der Waals surface area contributed by atoms with Gasteiger partial charge in [0.25, 0.3) is 0 Å². The number of hydrogen-bond acceptors (Lipinski definition) is 0. The Kier molecular flexibility index (Phi) is 4.43. The van der Waals surface area contributed by atoms with E-state index in [9.17, 15) is 0 Å². The van der Waals surface area contributed by atoms with Gasteiger partial charge >= 0.3 is 0 Å². The molecule has 0 aromatic heterocycles. The van der Waals surface area contributed by atoms with Crippen LogP contribution in [0.4, 0.5) is 0 Å². The molecule has 3 unspecified atom stereocenters. The molecule has 1 aromatic carbocycles. The molecule has 3 rings (SSSR count). The normalized spacial score (nSPS) is 26.8. The Morgan fingerprint density at radius 3 is 2.81 bits per heavy atom. The SMILES string of the molecule is C=C(CCCC1CCC2C=CC=CC21)c1ccccc1C. The minimum absolute atomic E-state index is 0.807. The summed E-state index contributed by atoms with van der Waals surface area (Å²) in [5, 5.41) is 0. The van der Waals surface area contributed by atoms with Crippen molar-refractivity contribution >= 4 is 5.57 Å². The van der Waals surface area contributed by atoms with Crippen LogP contribution in [0.25, 0.3) is 5.57 Å². The Morgan fingerprint density at radius 2 is 1.95 bits per heavy atom. The molecule has 0 nitrogen and oxygen atoms in total. The lowest BCUT2D eigenvalue weighted by atomic mass is 9.83. The van der Waals surface area contributed by atoms with Gasteiger partial charge in [-0.3, -0.25) is 0 Å². The van der Waals surface area contributed by atoms with E-state index in [4.69, 9.17) is 0 Å². The average molecular weight is 278 g/mol. The summed E-state index contributed by atoms with van der Waals surface area (Å²) in [6.07, 6.45) is 15.9. The molecule has 0 heteroatoms. The largest absolute Gasteiger partial charge is 0.0952 e. The first-order chi connectivity index (χ1) is 10.3. The fourth-order valence-corrected chi connectivity index (χ4v) is 4.08. The number of fused-ring (bicyclic) bond motifs is 1. The molecule has 0 aliphatic heterocycles. The standard InChI is InChI=1S/C21H26/c1-16-8-3-5-12-20(16)17(2)9-7-11-19-15-14-18-10-4-6-13-21(18)19/h3-6,8,10,12-13,18-19,21H,2,7,9,11,14-15H2,1H3. The van der Waals surface area contributed by atoms with Crippen LogP contribution in [0, 0.1) is 24.7 Å². The molecule has 1 aromatic rings. The third-order valence-corrected chi connectivity index (χ3v) is 5.29. The molecule has 2 aliphatic carbocycles. The molecule has 0 radical (unpaired) electrons. The number of rotatable bonds is 5. The Hall–Kier alpha value is -1.56. The van der Waals surface area contributed by atoms with E-state index in [1.165, 1.54) is 42.4 Å². The van der Waals surface area contributed by atoms with Gasteiger partial charge in [-0.25, -0.2) is 0 Å². The van der Waals surface area contributed by atoms with Crippen LogP contribution in [0.1, 0.15) is 43.2 Å². The van der Waals surface area contributed by atoms with Gasteiger partial charge in [-0.15, -0.1) is 0 Å². The summed E-state index contributed by atoms with van der Waals surface area (Å²) < 4.78 is 0. The second kappa shape index (κ2) is 6.47. The van der Waals surface area contributed by atoms with E-state index in [1.54, 1.807) is 0 Å². The highest BCUT2D eigenvalue weighted by Gasteiger charge is 2.32. The zero-order valence-electron chi connectivity index (χ0n) is 13.1. The lowest BCUT2D eigenvalue weighted by Crippen LogP contribution is -2.12. The molecule has 0 saturated heterocycles. The zero-order valence-corrected chi connectivity index (χ0v) is 13.1. The van der Waals surface area contributed by atoms with E-state index < -0.39 is 0 Å². The van der Waals surface area contributed by atoms with Gasteiger partial charge in [0.1, 0.15) is 0 Å². The zero-order chi connectivity index (χ0) is 14.7. The number of hydrogen-bond donors (Lipinski definition) is 0. The van der Waals surface area contributed by atoms with E-state index in [2.05, 4.69) is 62.1 Å². The van der Waals surface area contributed by atoms with E-state index >= 15 is 0 Å². The van der Waals surface area contributed by atoms with E-state index in [-0.39, 0.29) is 0 Å². The summed E-state index contributed by atoms with van der Waals surface area (Å²) in [4.78, 5) is 0. The predicted molar refractivity (Wildman–Crippen MR) is 92.0 cm³/mol. The molecule has 21 heavy (non-hydrogen) atoms. The monoisotopic (exact) mass is 278 g/mol. The van der Waals surface area contributed by atoms with Crippen molar-refractivity contribution in [1.29, 1.82) is 0 Å². The van der Waals surface area contributed by atoms with Crippen molar-refractivity contribution in [3.8, 4) is 0 Å². The Balaban J connectivity index is 1.51. The number of benzene rings is 1. The summed E-state index contributed by atoms with van der Waals surface area (Å²) in [6.45, 7) is 6.49. The molecule has 1 saturated carbocycles. The van der Waals surface area contributed by atoms with Crippen LogP contribution in [0.15, 0.2) is 55.1 Å². The van der Waals surface area contributed by atoms with E-state index in [0.29, 0.717) is 0 Å². The second-order valence-electron chi connectivity index (χ2n) is 6.66. The Morgan fingerprint density at radius 1 is 1.14 bits per heavy atom. The van der Waals surface area contributed by atoms with Gasteiger partial charge in [0.05, 0.1) is 0 Å². The summed E-state index contributed by atoms with van der Waals surface area (Å²) in [5.41, 5.74) is 4.01. The fraction of sp³-hybridized carbons (Fsp3) is 0.429. The van der Waals surface area contributed by atoms with Crippen molar-refractivity contribution in [3.63, 3.8) is 0 Å². The van der Waals surface area contributed by atoms with Crippen LogP contribution in [-0.4, -0.2) is 0 Å². The molecule has 3 atom stereocenters. The summed E-state index contributed by atoms with van der Waals surface area (Å²) >= 11 is 0. The van der Waals surface area contributed by atoms with Gasteiger partial charge in [-0.1, -0.05) is 55.1 Å². The molecule has 1 fully saturated rings. The van der Waals surface area contributed by atoms with Gasteiger partial charge < -0.3 is 0 Å². The maximum absolute atomic E-state index is 4.31.